The van der Waals surface area contributed by atoms with E-state index in [0.717, 1.165) is 6.04 Å². The topological polar surface area (TPSA) is 3.24 Å². The highest BCUT2D eigenvalue weighted by Crippen LogP contribution is 2.16. The third-order valence-corrected chi connectivity index (χ3v) is 2.99. The number of hydrogen-bond donors (Lipinski definition) is 0. The van der Waals surface area contributed by atoms with Crippen LogP contribution >= 0.6 is 0 Å². The molecule has 0 aliphatic carbocycles. The van der Waals surface area contributed by atoms with Crippen LogP contribution in [0.25, 0.3) is 0 Å². The van der Waals surface area contributed by atoms with Crippen molar-refractivity contribution in [1.29, 1.82) is 0 Å². The molecule has 1 unspecified atom stereocenters. The van der Waals surface area contributed by atoms with E-state index in [-0.39, 0.29) is 0 Å². The Morgan fingerprint density at radius 1 is 1.07 bits per heavy atom. The Hall–Kier alpha value is -0.0400. The van der Waals surface area contributed by atoms with Gasteiger partial charge in [-0.25, -0.2) is 0 Å². The van der Waals surface area contributed by atoms with Crippen molar-refractivity contribution in [2.45, 2.75) is 78.7 Å². The first-order valence-electron chi connectivity index (χ1n) is 7.00. The van der Waals surface area contributed by atoms with Crippen molar-refractivity contribution in [3.63, 3.8) is 0 Å². The molecule has 1 heterocycles. The van der Waals surface area contributed by atoms with Crippen LogP contribution in [0.3, 0.4) is 0 Å². The molecule has 0 spiro atoms. The van der Waals surface area contributed by atoms with Crippen LogP contribution < -0.4 is 0 Å². The van der Waals surface area contributed by atoms with E-state index in [0.29, 0.717) is 0 Å². The summed E-state index contributed by atoms with van der Waals surface area (Å²) in [6, 6.07) is 0.857. The molecule has 1 rings (SSSR count). The fraction of sp³-hybridized carbons (Fsp3) is 1.00. The summed E-state index contributed by atoms with van der Waals surface area (Å²) < 4.78 is 0. The predicted octanol–water partition coefficient (Wildman–Crippen LogP) is 4.47. The van der Waals surface area contributed by atoms with Crippen molar-refractivity contribution in [3.05, 3.63) is 0 Å². The van der Waals surface area contributed by atoms with E-state index in [4.69, 9.17) is 0 Å². The van der Waals surface area contributed by atoms with Crippen LogP contribution in [0.1, 0.15) is 72.6 Å². The van der Waals surface area contributed by atoms with Crippen molar-refractivity contribution < 1.29 is 0 Å². The zero-order chi connectivity index (χ0) is 11.5. The third kappa shape index (κ3) is 7.84. The van der Waals surface area contributed by atoms with E-state index < -0.39 is 0 Å². The van der Waals surface area contributed by atoms with Gasteiger partial charge in [0.15, 0.2) is 0 Å². The number of rotatable bonds is 4. The molecule has 1 nitrogen and oxygen atoms in total. The summed E-state index contributed by atoms with van der Waals surface area (Å²) >= 11 is 0. The first-order chi connectivity index (χ1) is 7.26. The molecule has 92 valence electrons. The maximum absolute atomic E-state index is 2.67. The van der Waals surface area contributed by atoms with Gasteiger partial charge in [0.2, 0.25) is 0 Å². The molecule has 0 aromatic rings. The second-order valence-electron chi connectivity index (χ2n) is 4.79. The SMILES string of the molecule is CCC.CCCCCN1CCCCC1C. The Labute approximate surface area is 97.2 Å². The van der Waals surface area contributed by atoms with E-state index in [9.17, 15) is 0 Å². The lowest BCUT2D eigenvalue weighted by Gasteiger charge is -2.33. The molecule has 0 bridgehead atoms. The Kier molecular flexibility index (Phi) is 10.4. The molecule has 15 heavy (non-hydrogen) atoms. The van der Waals surface area contributed by atoms with Crippen molar-refractivity contribution >= 4 is 0 Å². The molecule has 0 amide bonds. The minimum Gasteiger partial charge on any atom is -0.301 e. The first-order valence-corrected chi connectivity index (χ1v) is 7.00. The zero-order valence-electron chi connectivity index (χ0n) is 11.4. The summed E-state index contributed by atoms with van der Waals surface area (Å²) in [6.07, 6.45) is 9.71. The monoisotopic (exact) mass is 213 g/mol. The molecule has 1 fully saturated rings. The van der Waals surface area contributed by atoms with Crippen molar-refractivity contribution in [2.24, 2.45) is 0 Å². The lowest BCUT2D eigenvalue weighted by molar-refractivity contribution is 0.158. The molecule has 1 atom stereocenters. The second kappa shape index (κ2) is 10.5. The summed E-state index contributed by atoms with van der Waals surface area (Å²) in [6.45, 7) is 11.6. The van der Waals surface area contributed by atoms with Gasteiger partial charge in [-0.15, -0.1) is 0 Å². The summed E-state index contributed by atoms with van der Waals surface area (Å²) in [5, 5.41) is 0. The maximum Gasteiger partial charge on any atom is 0.00669 e. The highest BCUT2D eigenvalue weighted by Gasteiger charge is 2.16. The van der Waals surface area contributed by atoms with Crippen molar-refractivity contribution in [3.8, 4) is 0 Å². The molecule has 1 saturated heterocycles. The predicted molar refractivity (Wildman–Crippen MR) is 70.4 cm³/mol. The average molecular weight is 213 g/mol. The normalized spacial score (nSPS) is 22.0. The number of unbranched alkanes of at least 4 members (excludes halogenated alkanes) is 2. The lowest BCUT2D eigenvalue weighted by Crippen LogP contribution is -2.37. The first kappa shape index (κ1) is 15.0. The number of hydrogen-bond acceptors (Lipinski definition) is 1. The van der Waals surface area contributed by atoms with E-state index in [1.807, 2.05) is 0 Å². The Morgan fingerprint density at radius 2 is 1.73 bits per heavy atom. The van der Waals surface area contributed by atoms with Crippen LogP contribution in [-0.4, -0.2) is 24.0 Å². The summed E-state index contributed by atoms with van der Waals surface area (Å²) in [4.78, 5) is 2.67. The van der Waals surface area contributed by atoms with E-state index in [1.165, 1.54) is 58.0 Å². The smallest absolute Gasteiger partial charge is 0.00669 e. The van der Waals surface area contributed by atoms with Gasteiger partial charge in [-0.3, -0.25) is 0 Å². The standard InChI is InChI=1S/C11H23N.C3H8/c1-3-4-6-9-12-10-7-5-8-11(12)2;1-3-2/h11H,3-10H2,1-2H3;3H2,1-2H3. The van der Waals surface area contributed by atoms with Crippen LogP contribution in [0.15, 0.2) is 0 Å². The summed E-state index contributed by atoms with van der Waals surface area (Å²) in [5.41, 5.74) is 0. The van der Waals surface area contributed by atoms with Crippen LogP contribution in [0.4, 0.5) is 0 Å². The Balaban J connectivity index is 0.000000583. The molecular formula is C14H31N. The highest BCUT2D eigenvalue weighted by molar-refractivity contribution is 4.72. The largest absolute Gasteiger partial charge is 0.301 e. The quantitative estimate of drug-likeness (QED) is 0.623. The van der Waals surface area contributed by atoms with Crippen LogP contribution in [0.2, 0.25) is 0 Å². The van der Waals surface area contributed by atoms with Crippen molar-refractivity contribution in [1.82, 2.24) is 4.90 Å². The van der Waals surface area contributed by atoms with Gasteiger partial charge in [-0.2, -0.15) is 0 Å². The van der Waals surface area contributed by atoms with Crippen LogP contribution in [0.5, 0.6) is 0 Å². The minimum atomic E-state index is 0.857. The van der Waals surface area contributed by atoms with Gasteiger partial charge in [0.1, 0.15) is 0 Å². The second-order valence-corrected chi connectivity index (χ2v) is 4.79. The third-order valence-electron chi connectivity index (χ3n) is 2.99. The zero-order valence-corrected chi connectivity index (χ0v) is 11.4. The molecule has 0 radical (unpaired) electrons. The molecule has 0 aromatic heterocycles. The molecule has 0 N–H and O–H groups in total. The molecule has 1 heteroatoms. The minimum absolute atomic E-state index is 0.857. The van der Waals surface area contributed by atoms with Gasteiger partial charge in [0, 0.05) is 6.04 Å². The Bertz CT molecular complexity index is 123. The average Bonchev–Trinajstić information content (AvgIpc) is 2.22. The summed E-state index contributed by atoms with van der Waals surface area (Å²) in [5.74, 6) is 0. The fourth-order valence-electron chi connectivity index (χ4n) is 2.05. The lowest BCUT2D eigenvalue weighted by atomic mass is 10.0. The van der Waals surface area contributed by atoms with Crippen LogP contribution in [0, 0.1) is 0 Å². The van der Waals surface area contributed by atoms with Crippen molar-refractivity contribution in [2.75, 3.05) is 13.1 Å². The van der Waals surface area contributed by atoms with Crippen LogP contribution in [-0.2, 0) is 0 Å². The molecule has 1 aliphatic heterocycles. The highest BCUT2D eigenvalue weighted by atomic mass is 15.1. The number of nitrogens with zero attached hydrogens (tertiary/aromatic N) is 1. The molecule has 1 aliphatic rings. The Morgan fingerprint density at radius 3 is 2.27 bits per heavy atom. The van der Waals surface area contributed by atoms with Gasteiger partial charge in [-0.1, -0.05) is 46.5 Å². The van der Waals surface area contributed by atoms with Gasteiger partial charge in [-0.05, 0) is 39.3 Å². The van der Waals surface area contributed by atoms with Gasteiger partial charge < -0.3 is 4.90 Å². The van der Waals surface area contributed by atoms with Gasteiger partial charge >= 0.3 is 0 Å². The maximum atomic E-state index is 2.67. The number of piperidine rings is 1. The fourth-order valence-corrected chi connectivity index (χ4v) is 2.05. The van der Waals surface area contributed by atoms with E-state index >= 15 is 0 Å². The molecular weight excluding hydrogens is 182 g/mol. The summed E-state index contributed by atoms with van der Waals surface area (Å²) in [7, 11) is 0. The van der Waals surface area contributed by atoms with Gasteiger partial charge in [0.25, 0.3) is 0 Å². The van der Waals surface area contributed by atoms with Gasteiger partial charge in [0.05, 0.1) is 0 Å². The van der Waals surface area contributed by atoms with E-state index in [1.54, 1.807) is 0 Å². The number of likely N-dealkylation sites (tertiary alicyclic amines) is 1. The molecule has 0 saturated carbocycles. The molecule has 0 aromatic carbocycles. The van der Waals surface area contributed by atoms with E-state index in [2.05, 4.69) is 32.6 Å².